The summed E-state index contributed by atoms with van der Waals surface area (Å²) >= 11 is 0. The maximum absolute atomic E-state index is 5.68. The minimum atomic E-state index is -0.416. The molecule has 0 aromatic heterocycles. The molecule has 1 saturated heterocycles. The second kappa shape index (κ2) is 9.19. The molecule has 0 saturated carbocycles. The Bertz CT molecular complexity index is 512. The van der Waals surface area contributed by atoms with Gasteiger partial charge >= 0.3 is 0 Å². The van der Waals surface area contributed by atoms with E-state index in [1.807, 2.05) is 13.8 Å². The van der Waals surface area contributed by atoms with E-state index in [0.717, 1.165) is 50.2 Å². The maximum atomic E-state index is 5.68. The molecule has 0 unspecified atom stereocenters. The molecular weight excluding hydrogens is 302 g/mol. The van der Waals surface area contributed by atoms with Crippen molar-refractivity contribution in [3.05, 3.63) is 35.4 Å². The van der Waals surface area contributed by atoms with Gasteiger partial charge in [0.05, 0.1) is 18.9 Å². The predicted molar refractivity (Wildman–Crippen MR) is 97.3 cm³/mol. The van der Waals surface area contributed by atoms with Crippen LogP contribution < -0.4 is 0 Å². The minimum absolute atomic E-state index is 0.416. The number of ether oxygens (including phenoxy) is 2. The minimum Gasteiger partial charge on any atom is -0.396 e. The van der Waals surface area contributed by atoms with Crippen molar-refractivity contribution >= 4 is 5.71 Å². The maximum Gasteiger partial charge on any atom is 0.162 e. The predicted octanol–water partition coefficient (Wildman–Crippen LogP) is 4.70. The summed E-state index contributed by atoms with van der Waals surface area (Å²) in [4.78, 5) is 5.52. The average Bonchev–Trinajstić information content (AvgIpc) is 2.57. The standard InChI is InChI=1S/C20H31NO3/c1-5-19(18-11-9-16(2)10-12-18)21-24-13-7-6-8-17-14-22-20(3,4)23-15-17/h9-12,17H,5-8,13-15H2,1-4H3. The number of rotatable bonds is 8. The van der Waals surface area contributed by atoms with E-state index in [4.69, 9.17) is 14.3 Å². The van der Waals surface area contributed by atoms with E-state index in [9.17, 15) is 0 Å². The van der Waals surface area contributed by atoms with Crippen LogP contribution in [0.15, 0.2) is 29.4 Å². The molecule has 1 fully saturated rings. The Morgan fingerprint density at radius 3 is 2.46 bits per heavy atom. The van der Waals surface area contributed by atoms with Gasteiger partial charge in [-0.3, -0.25) is 0 Å². The summed E-state index contributed by atoms with van der Waals surface area (Å²) in [6.45, 7) is 10.4. The van der Waals surface area contributed by atoms with Gasteiger partial charge in [0.1, 0.15) is 6.61 Å². The van der Waals surface area contributed by atoms with Crippen LogP contribution in [0.1, 0.15) is 57.6 Å². The number of benzene rings is 1. The third kappa shape index (κ3) is 6.25. The fourth-order valence-electron chi connectivity index (χ4n) is 2.68. The van der Waals surface area contributed by atoms with Gasteiger partial charge in [0.2, 0.25) is 0 Å². The molecule has 1 aromatic rings. The fourth-order valence-corrected chi connectivity index (χ4v) is 2.68. The Morgan fingerprint density at radius 2 is 1.83 bits per heavy atom. The summed E-state index contributed by atoms with van der Waals surface area (Å²) < 4.78 is 11.4. The van der Waals surface area contributed by atoms with Gasteiger partial charge in [0, 0.05) is 5.92 Å². The first-order valence-electron chi connectivity index (χ1n) is 9.04. The third-order valence-electron chi connectivity index (χ3n) is 4.33. The highest BCUT2D eigenvalue weighted by molar-refractivity contribution is 6.00. The van der Waals surface area contributed by atoms with Crippen molar-refractivity contribution < 1.29 is 14.3 Å². The molecule has 1 aromatic carbocycles. The number of nitrogens with zero attached hydrogens (tertiary/aromatic N) is 1. The van der Waals surface area contributed by atoms with Crippen LogP contribution in [-0.2, 0) is 14.3 Å². The van der Waals surface area contributed by atoms with E-state index in [0.29, 0.717) is 12.5 Å². The van der Waals surface area contributed by atoms with E-state index < -0.39 is 5.79 Å². The SMILES string of the molecule is CCC(=NOCCCCC1COC(C)(C)OC1)c1ccc(C)cc1. The van der Waals surface area contributed by atoms with Gasteiger partial charge in [0.25, 0.3) is 0 Å². The average molecular weight is 333 g/mol. The summed E-state index contributed by atoms with van der Waals surface area (Å²) in [7, 11) is 0. The zero-order valence-corrected chi connectivity index (χ0v) is 15.5. The summed E-state index contributed by atoms with van der Waals surface area (Å²) in [5.41, 5.74) is 3.41. The molecular formula is C20H31NO3. The largest absolute Gasteiger partial charge is 0.396 e. The molecule has 24 heavy (non-hydrogen) atoms. The molecule has 134 valence electrons. The highest BCUT2D eigenvalue weighted by Crippen LogP contribution is 2.23. The first-order valence-corrected chi connectivity index (χ1v) is 9.04. The van der Waals surface area contributed by atoms with Gasteiger partial charge in [-0.2, -0.15) is 0 Å². The number of hydrogen-bond acceptors (Lipinski definition) is 4. The molecule has 0 N–H and O–H groups in total. The number of aryl methyl sites for hydroxylation is 1. The Morgan fingerprint density at radius 1 is 1.17 bits per heavy atom. The van der Waals surface area contributed by atoms with Crippen molar-refractivity contribution in [3.63, 3.8) is 0 Å². The van der Waals surface area contributed by atoms with Crippen LogP contribution in [0.25, 0.3) is 0 Å². The van der Waals surface area contributed by atoms with Crippen molar-refractivity contribution in [2.45, 2.75) is 59.2 Å². The van der Waals surface area contributed by atoms with E-state index in [1.165, 1.54) is 5.56 Å². The molecule has 4 nitrogen and oxygen atoms in total. The van der Waals surface area contributed by atoms with Gasteiger partial charge in [0.15, 0.2) is 5.79 Å². The van der Waals surface area contributed by atoms with Crippen LogP contribution in [0.2, 0.25) is 0 Å². The Hall–Kier alpha value is -1.39. The summed E-state index contributed by atoms with van der Waals surface area (Å²) in [5, 5.41) is 4.31. The van der Waals surface area contributed by atoms with E-state index >= 15 is 0 Å². The lowest BCUT2D eigenvalue weighted by Gasteiger charge is -2.35. The number of unbranched alkanes of at least 4 members (excludes halogenated alkanes) is 1. The third-order valence-corrected chi connectivity index (χ3v) is 4.33. The van der Waals surface area contributed by atoms with Crippen LogP contribution >= 0.6 is 0 Å². The van der Waals surface area contributed by atoms with Crippen molar-refractivity contribution in [2.24, 2.45) is 11.1 Å². The van der Waals surface area contributed by atoms with E-state index in [1.54, 1.807) is 0 Å². The quantitative estimate of drug-likeness (QED) is 0.393. The first-order chi connectivity index (χ1) is 11.5. The number of hydrogen-bond donors (Lipinski definition) is 0. The van der Waals surface area contributed by atoms with Gasteiger partial charge in [-0.1, -0.05) is 41.9 Å². The molecule has 0 atom stereocenters. The van der Waals surface area contributed by atoms with Gasteiger partial charge in [-0.05, 0) is 52.0 Å². The van der Waals surface area contributed by atoms with Crippen LogP contribution in [0, 0.1) is 12.8 Å². The summed E-state index contributed by atoms with van der Waals surface area (Å²) in [6, 6.07) is 8.42. The zero-order valence-electron chi connectivity index (χ0n) is 15.5. The lowest BCUT2D eigenvalue weighted by atomic mass is 10.0. The monoisotopic (exact) mass is 333 g/mol. The Labute approximate surface area is 146 Å². The Kier molecular flexibility index (Phi) is 7.25. The Balaban J connectivity index is 1.64. The lowest BCUT2D eigenvalue weighted by molar-refractivity contribution is -0.262. The molecule has 0 amide bonds. The second-order valence-corrected chi connectivity index (χ2v) is 6.97. The zero-order chi connectivity index (χ0) is 17.4. The van der Waals surface area contributed by atoms with Gasteiger partial charge in [-0.25, -0.2) is 0 Å². The molecule has 1 aliphatic heterocycles. The van der Waals surface area contributed by atoms with Crippen LogP contribution in [0.3, 0.4) is 0 Å². The van der Waals surface area contributed by atoms with Gasteiger partial charge < -0.3 is 14.3 Å². The van der Waals surface area contributed by atoms with Crippen molar-refractivity contribution in [2.75, 3.05) is 19.8 Å². The summed E-state index contributed by atoms with van der Waals surface area (Å²) in [6.07, 6.45) is 4.10. The molecule has 4 heteroatoms. The molecule has 0 radical (unpaired) electrons. The molecule has 0 spiro atoms. The topological polar surface area (TPSA) is 40.0 Å². The lowest BCUT2D eigenvalue weighted by Crippen LogP contribution is -2.39. The van der Waals surface area contributed by atoms with Crippen molar-refractivity contribution in [1.82, 2.24) is 0 Å². The highest BCUT2D eigenvalue weighted by Gasteiger charge is 2.27. The molecule has 2 rings (SSSR count). The fraction of sp³-hybridized carbons (Fsp3) is 0.650. The normalized spacial score (nSPS) is 18.6. The van der Waals surface area contributed by atoms with Crippen LogP contribution in [0.4, 0.5) is 0 Å². The van der Waals surface area contributed by atoms with Crippen molar-refractivity contribution in [1.29, 1.82) is 0 Å². The number of oxime groups is 1. The molecule has 1 heterocycles. The molecule has 0 bridgehead atoms. The van der Waals surface area contributed by atoms with Crippen LogP contribution in [0.5, 0.6) is 0 Å². The van der Waals surface area contributed by atoms with Crippen LogP contribution in [-0.4, -0.2) is 31.3 Å². The van der Waals surface area contributed by atoms with Gasteiger partial charge in [-0.15, -0.1) is 0 Å². The first kappa shape index (κ1) is 18.9. The van der Waals surface area contributed by atoms with Crippen molar-refractivity contribution in [3.8, 4) is 0 Å². The van der Waals surface area contributed by atoms with E-state index in [-0.39, 0.29) is 0 Å². The second-order valence-electron chi connectivity index (χ2n) is 6.97. The smallest absolute Gasteiger partial charge is 0.162 e. The molecule has 1 aliphatic rings. The summed E-state index contributed by atoms with van der Waals surface area (Å²) in [5.74, 6) is 0.0845. The van der Waals surface area contributed by atoms with E-state index in [2.05, 4.69) is 43.3 Å². The highest BCUT2D eigenvalue weighted by atomic mass is 16.7. The molecule has 0 aliphatic carbocycles.